The van der Waals surface area contributed by atoms with Crippen LogP contribution in [0.15, 0.2) is 20.9 Å². The van der Waals surface area contributed by atoms with E-state index in [2.05, 4.69) is 62.6 Å². The van der Waals surface area contributed by atoms with Gasteiger partial charge in [-0.2, -0.15) is 5.10 Å². The first-order valence-electron chi connectivity index (χ1n) is 7.26. The normalized spacial score (nSPS) is 11.8. The van der Waals surface area contributed by atoms with Gasteiger partial charge >= 0.3 is 0 Å². The van der Waals surface area contributed by atoms with Crippen LogP contribution in [0.25, 0.3) is 0 Å². The monoisotopic (exact) mass is 383 g/mol. The summed E-state index contributed by atoms with van der Waals surface area (Å²) in [5, 5.41) is 11.1. The van der Waals surface area contributed by atoms with Crippen molar-refractivity contribution >= 4 is 33.2 Å². The molecule has 0 bridgehead atoms. The van der Waals surface area contributed by atoms with Gasteiger partial charge in [0.25, 0.3) is 0 Å². The second-order valence-electron chi connectivity index (χ2n) is 5.03. The molecule has 0 aromatic carbocycles. The summed E-state index contributed by atoms with van der Waals surface area (Å²) in [6.45, 7) is 8.42. The number of hydrogen-bond acceptors (Lipinski definition) is 3. The predicted octanol–water partition coefficient (Wildman–Crippen LogP) is 3.12. The van der Waals surface area contributed by atoms with E-state index in [0.29, 0.717) is 6.54 Å². The maximum absolute atomic E-state index is 4.67. The van der Waals surface area contributed by atoms with Gasteiger partial charge in [0.05, 0.1) is 22.6 Å². The maximum atomic E-state index is 4.67. The van der Waals surface area contributed by atoms with Gasteiger partial charge in [0.2, 0.25) is 0 Å². The highest BCUT2D eigenvalue weighted by Crippen LogP contribution is 2.21. The number of nitrogens with zero attached hydrogens (tertiary/aromatic N) is 3. The Morgan fingerprint density at radius 2 is 2.14 bits per heavy atom. The molecular weight excluding hydrogens is 362 g/mol. The third-order valence-electron chi connectivity index (χ3n) is 3.46. The van der Waals surface area contributed by atoms with Crippen molar-refractivity contribution < 1.29 is 0 Å². The molecule has 7 heteroatoms. The third kappa shape index (κ3) is 4.33. The molecule has 2 heterocycles. The lowest BCUT2D eigenvalue weighted by Crippen LogP contribution is -2.36. The van der Waals surface area contributed by atoms with Gasteiger partial charge in [-0.25, -0.2) is 4.99 Å². The molecule has 2 N–H and O–H groups in total. The minimum Gasteiger partial charge on any atom is -0.357 e. The van der Waals surface area contributed by atoms with E-state index in [1.165, 1.54) is 16.1 Å². The summed E-state index contributed by atoms with van der Waals surface area (Å²) in [6, 6.07) is 4.18. The molecule has 120 valence electrons. The highest BCUT2D eigenvalue weighted by molar-refractivity contribution is 9.11. The molecule has 0 saturated carbocycles. The molecule has 0 spiro atoms. The molecule has 2 aromatic heterocycles. The number of aliphatic imine (C=N–C) groups is 1. The van der Waals surface area contributed by atoms with Gasteiger partial charge in [0.15, 0.2) is 5.96 Å². The molecule has 2 rings (SSSR count). The summed E-state index contributed by atoms with van der Waals surface area (Å²) in [6.07, 6.45) is 0. The van der Waals surface area contributed by atoms with Gasteiger partial charge < -0.3 is 10.6 Å². The van der Waals surface area contributed by atoms with E-state index in [1.54, 1.807) is 11.3 Å². The quantitative estimate of drug-likeness (QED) is 0.615. The maximum Gasteiger partial charge on any atom is 0.191 e. The zero-order valence-corrected chi connectivity index (χ0v) is 15.8. The predicted molar refractivity (Wildman–Crippen MR) is 96.4 cm³/mol. The minimum atomic E-state index is 0.634. The lowest BCUT2D eigenvalue weighted by molar-refractivity contribution is 0.730. The first-order chi connectivity index (χ1) is 10.5. The van der Waals surface area contributed by atoms with Gasteiger partial charge in [-0.3, -0.25) is 4.68 Å². The average Bonchev–Trinajstić information content (AvgIpc) is 2.99. The molecule has 0 aliphatic rings. The van der Waals surface area contributed by atoms with E-state index in [4.69, 9.17) is 0 Å². The van der Waals surface area contributed by atoms with Crippen LogP contribution in [0.1, 0.15) is 28.8 Å². The fourth-order valence-electron chi connectivity index (χ4n) is 2.16. The Morgan fingerprint density at radius 3 is 2.68 bits per heavy atom. The largest absolute Gasteiger partial charge is 0.357 e. The van der Waals surface area contributed by atoms with Crippen molar-refractivity contribution in [1.82, 2.24) is 20.4 Å². The molecule has 0 amide bonds. The Kier molecular flexibility index (Phi) is 6.02. The lowest BCUT2D eigenvalue weighted by Gasteiger charge is -2.10. The molecular formula is C15H22BrN5S. The summed E-state index contributed by atoms with van der Waals surface area (Å²) < 4.78 is 3.05. The highest BCUT2D eigenvalue weighted by Gasteiger charge is 2.09. The molecule has 5 nitrogen and oxygen atoms in total. The van der Waals surface area contributed by atoms with Crippen LogP contribution in [-0.2, 0) is 20.1 Å². The Bertz CT molecular complexity index is 659. The fourth-order valence-corrected chi connectivity index (χ4v) is 3.59. The average molecular weight is 384 g/mol. The zero-order valence-electron chi connectivity index (χ0n) is 13.4. The van der Waals surface area contributed by atoms with Crippen molar-refractivity contribution in [2.24, 2.45) is 12.0 Å². The van der Waals surface area contributed by atoms with Crippen molar-refractivity contribution in [3.8, 4) is 0 Å². The summed E-state index contributed by atoms with van der Waals surface area (Å²) in [5.74, 6) is 0.828. The van der Waals surface area contributed by atoms with Crippen LogP contribution in [0.5, 0.6) is 0 Å². The van der Waals surface area contributed by atoms with Gasteiger partial charge in [0, 0.05) is 29.7 Å². The Labute approximate surface area is 144 Å². The molecule has 0 fully saturated rings. The van der Waals surface area contributed by atoms with Gasteiger partial charge in [-0.1, -0.05) is 0 Å². The first kappa shape index (κ1) is 17.0. The molecule has 0 aliphatic carbocycles. The molecule has 0 atom stereocenters. The van der Waals surface area contributed by atoms with Crippen LogP contribution < -0.4 is 10.6 Å². The van der Waals surface area contributed by atoms with Crippen LogP contribution in [0, 0.1) is 13.8 Å². The summed E-state index contributed by atoms with van der Waals surface area (Å²) >= 11 is 5.21. The minimum absolute atomic E-state index is 0.634. The number of aromatic nitrogens is 2. The molecule has 0 radical (unpaired) electrons. The summed E-state index contributed by atoms with van der Waals surface area (Å²) in [5.41, 5.74) is 3.40. The van der Waals surface area contributed by atoms with E-state index in [1.807, 2.05) is 18.7 Å². The summed E-state index contributed by atoms with van der Waals surface area (Å²) in [4.78, 5) is 5.94. The number of thiophene rings is 1. The van der Waals surface area contributed by atoms with Crippen molar-refractivity contribution in [2.45, 2.75) is 33.9 Å². The third-order valence-corrected chi connectivity index (χ3v) is 5.08. The van der Waals surface area contributed by atoms with Crippen LogP contribution in [0.3, 0.4) is 0 Å². The van der Waals surface area contributed by atoms with E-state index in [0.717, 1.165) is 28.5 Å². The number of halogens is 1. The number of guanidine groups is 1. The zero-order chi connectivity index (χ0) is 16.1. The highest BCUT2D eigenvalue weighted by atomic mass is 79.9. The van der Waals surface area contributed by atoms with Gasteiger partial charge in [-0.05, 0) is 48.8 Å². The van der Waals surface area contributed by atoms with Crippen LogP contribution >= 0.6 is 27.3 Å². The number of hydrogen-bond donors (Lipinski definition) is 2. The Morgan fingerprint density at radius 1 is 1.36 bits per heavy atom. The molecule has 0 unspecified atom stereocenters. The van der Waals surface area contributed by atoms with Crippen LogP contribution in [-0.4, -0.2) is 22.3 Å². The second kappa shape index (κ2) is 7.78. The van der Waals surface area contributed by atoms with Crippen molar-refractivity contribution in [3.63, 3.8) is 0 Å². The van der Waals surface area contributed by atoms with E-state index < -0.39 is 0 Å². The van der Waals surface area contributed by atoms with E-state index in [-0.39, 0.29) is 0 Å². The fraction of sp³-hybridized carbons (Fsp3) is 0.467. The van der Waals surface area contributed by atoms with Gasteiger partial charge in [-0.15, -0.1) is 11.3 Å². The van der Waals surface area contributed by atoms with E-state index >= 15 is 0 Å². The standard InChI is InChI=1S/C15H22BrN5S/c1-5-17-15(18-8-12-6-7-14(16)22-12)19-9-13-10(2)20-21(4)11(13)3/h6-7H,5,8-9H2,1-4H3,(H2,17,18,19). The second-order valence-corrected chi connectivity index (χ2v) is 7.58. The summed E-state index contributed by atoms with van der Waals surface area (Å²) in [7, 11) is 1.97. The first-order valence-corrected chi connectivity index (χ1v) is 8.87. The van der Waals surface area contributed by atoms with Crippen LogP contribution in [0.4, 0.5) is 0 Å². The van der Waals surface area contributed by atoms with Crippen molar-refractivity contribution in [1.29, 1.82) is 0 Å². The SMILES string of the molecule is CCNC(=NCc1c(C)nn(C)c1C)NCc1ccc(Br)s1. The van der Waals surface area contributed by atoms with Crippen molar-refractivity contribution in [2.75, 3.05) is 6.54 Å². The number of nitrogens with one attached hydrogen (secondary N) is 2. The van der Waals surface area contributed by atoms with E-state index in [9.17, 15) is 0 Å². The number of rotatable bonds is 5. The molecule has 22 heavy (non-hydrogen) atoms. The van der Waals surface area contributed by atoms with Crippen molar-refractivity contribution in [3.05, 3.63) is 37.7 Å². The van der Waals surface area contributed by atoms with Gasteiger partial charge in [0.1, 0.15) is 0 Å². The number of aryl methyl sites for hydroxylation is 2. The Hall–Kier alpha value is -1.34. The Balaban J connectivity index is 2.03. The molecule has 0 saturated heterocycles. The topological polar surface area (TPSA) is 54.2 Å². The smallest absolute Gasteiger partial charge is 0.191 e. The van der Waals surface area contributed by atoms with Crippen LogP contribution in [0.2, 0.25) is 0 Å². The lowest BCUT2D eigenvalue weighted by atomic mass is 10.2. The molecule has 2 aromatic rings. The molecule has 0 aliphatic heterocycles.